The topological polar surface area (TPSA) is 94.1 Å². The van der Waals surface area contributed by atoms with E-state index in [4.69, 9.17) is 6.57 Å². The Hall–Kier alpha value is -2.40. The molecule has 0 bridgehead atoms. The van der Waals surface area contributed by atoms with Gasteiger partial charge < -0.3 is 10.1 Å². The first-order valence-corrected chi connectivity index (χ1v) is 16.1. The minimum Gasteiger partial charge on any atom is -0.309 e. The Balaban J connectivity index is 1.37. The zero-order valence-corrected chi connectivity index (χ0v) is 27.0. The number of aromatic nitrogens is 4. The summed E-state index contributed by atoms with van der Waals surface area (Å²) in [6, 6.07) is 0. The van der Waals surface area contributed by atoms with Gasteiger partial charge in [-0.05, 0) is 95.0 Å². The normalized spacial score (nSPS) is 43.7. The van der Waals surface area contributed by atoms with E-state index >= 15 is 0 Å². The highest BCUT2D eigenvalue weighted by molar-refractivity contribution is 6.02. The summed E-state index contributed by atoms with van der Waals surface area (Å²) < 4.78 is 0. The van der Waals surface area contributed by atoms with E-state index in [-0.39, 0.29) is 56.3 Å². The highest BCUT2D eigenvalue weighted by Gasteiger charge is 2.71. The molecule has 6 rings (SSSR count). The van der Waals surface area contributed by atoms with Crippen LogP contribution >= 0.6 is 0 Å². The van der Waals surface area contributed by atoms with Crippen LogP contribution in [0.5, 0.6) is 0 Å². The number of carbonyl (C=O) groups excluding carboxylic acids is 2. The monoisotopic (exact) mass is 574 g/mol. The number of aryl methyl sites for hydroxylation is 1. The lowest BCUT2D eigenvalue weighted by atomic mass is 9.31. The van der Waals surface area contributed by atoms with Crippen LogP contribution in [0.4, 0.5) is 0 Å². The minimum absolute atomic E-state index is 0.0223. The number of hydrogen-bond acceptors (Lipinski definition) is 6. The maximum atomic E-state index is 14.7. The van der Waals surface area contributed by atoms with Gasteiger partial charge in [-0.15, -0.1) is 10.2 Å². The summed E-state index contributed by atoms with van der Waals surface area (Å²) in [5.74, 6) is 1.75. The van der Waals surface area contributed by atoms with E-state index < -0.39 is 5.41 Å². The summed E-state index contributed by atoms with van der Waals surface area (Å²) in [5, 5.41) is 16.2. The number of ketones is 2. The van der Waals surface area contributed by atoms with Crippen molar-refractivity contribution in [3.63, 3.8) is 0 Å². The molecule has 1 N–H and O–H groups in total. The van der Waals surface area contributed by atoms with Crippen molar-refractivity contribution in [1.82, 2.24) is 25.5 Å². The summed E-state index contributed by atoms with van der Waals surface area (Å²) in [6.07, 6.45) is 10.1. The maximum absolute atomic E-state index is 14.7. The fourth-order valence-electron chi connectivity index (χ4n) is 11.5. The number of fused-ring (bicyclic) bond motifs is 7. The van der Waals surface area contributed by atoms with Crippen LogP contribution < -0.4 is 5.32 Å². The molecule has 0 aliphatic heterocycles. The Morgan fingerprint density at radius 1 is 1.00 bits per heavy atom. The number of nitrogens with one attached hydrogen (secondary N) is 1. The van der Waals surface area contributed by atoms with Crippen molar-refractivity contribution in [2.75, 3.05) is 6.54 Å². The third-order valence-corrected chi connectivity index (χ3v) is 13.9. The second-order valence-electron chi connectivity index (χ2n) is 16.8. The highest BCUT2D eigenvalue weighted by Crippen LogP contribution is 2.75. The fourth-order valence-corrected chi connectivity index (χ4v) is 11.5. The molecule has 5 aliphatic carbocycles. The maximum Gasteiger partial charge on any atom is 0.226 e. The molecular weight excluding hydrogens is 524 g/mol. The largest absolute Gasteiger partial charge is 0.309 e. The van der Waals surface area contributed by atoms with Gasteiger partial charge in [-0.1, -0.05) is 54.5 Å². The van der Waals surface area contributed by atoms with E-state index in [1.54, 1.807) is 7.05 Å². The Kier molecular flexibility index (Phi) is 6.57. The number of carbonyl (C=O) groups is 2. The molecule has 42 heavy (non-hydrogen) atoms. The van der Waals surface area contributed by atoms with E-state index in [1.165, 1.54) is 11.2 Å². The molecule has 0 amide bonds. The second kappa shape index (κ2) is 9.30. The predicted octanol–water partition coefficient (Wildman–Crippen LogP) is 5.95. The summed E-state index contributed by atoms with van der Waals surface area (Å²) in [6.45, 7) is 25.3. The summed E-state index contributed by atoms with van der Waals surface area (Å²) in [4.78, 5) is 33.3. The van der Waals surface area contributed by atoms with Crippen molar-refractivity contribution in [2.24, 2.45) is 63.2 Å². The molecule has 1 aromatic rings. The van der Waals surface area contributed by atoms with E-state index in [0.29, 0.717) is 30.5 Å². The van der Waals surface area contributed by atoms with Crippen molar-refractivity contribution in [1.29, 1.82) is 0 Å². The molecule has 228 valence electrons. The number of nitrogens with zero attached hydrogens (tertiary/aromatic N) is 5. The Morgan fingerprint density at radius 2 is 1.71 bits per heavy atom. The van der Waals surface area contributed by atoms with Gasteiger partial charge >= 0.3 is 0 Å². The van der Waals surface area contributed by atoms with Crippen LogP contribution in [-0.2, 0) is 23.2 Å². The SMILES string of the molecule is [C-]#[N+]C1=C[C@]2(C)[C@H]3CC(=O)[C@@H]4[C@@H]5CC(C)(C)CC[C@]5(CNCc5nnn(C)n5)CC[C@@]4(C)[C@]3(C)CC[C@H]2C(C)(C)C1=O. The molecule has 8 atom stereocenters. The molecule has 1 aromatic heterocycles. The molecule has 1 heterocycles. The molecule has 8 nitrogen and oxygen atoms in total. The predicted molar refractivity (Wildman–Crippen MR) is 160 cm³/mol. The molecule has 0 spiro atoms. The molecular formula is C34H50N6O2. The van der Waals surface area contributed by atoms with E-state index in [0.717, 1.165) is 45.1 Å². The van der Waals surface area contributed by atoms with Crippen molar-refractivity contribution in [2.45, 2.75) is 106 Å². The Labute approximate surface area is 251 Å². The number of rotatable bonds is 4. The lowest BCUT2D eigenvalue weighted by Crippen LogP contribution is -2.69. The minimum atomic E-state index is -0.593. The van der Waals surface area contributed by atoms with Crippen LogP contribution in [-0.4, -0.2) is 38.3 Å². The van der Waals surface area contributed by atoms with Crippen LogP contribution in [0.25, 0.3) is 4.85 Å². The number of hydrogen-bond donors (Lipinski definition) is 1. The zero-order valence-electron chi connectivity index (χ0n) is 27.0. The van der Waals surface area contributed by atoms with Crippen LogP contribution in [0.15, 0.2) is 11.8 Å². The quantitative estimate of drug-likeness (QED) is 0.447. The molecule has 5 aliphatic rings. The lowest BCUT2D eigenvalue weighted by molar-refractivity contribution is -0.222. The standard InChI is InChI=1S/C34H50N6O2/c1-29(2)12-14-34(20-36-19-26-37-39-40(9)38-26)15-13-33(7)27(21(34)17-29)23(41)16-25-31(5)18-22(35-8)28(42)30(3,4)24(31)10-11-32(25,33)6/h18,21,24-25,27,36H,10-17,19-20H2,1-7,9H3/t21-,24-,25+,27-,31-,32+,33+,34+/m0/s1. The first-order valence-electron chi connectivity index (χ1n) is 16.1. The third-order valence-electron chi connectivity index (χ3n) is 13.9. The van der Waals surface area contributed by atoms with Crippen LogP contribution in [0, 0.1) is 62.7 Å². The zero-order chi connectivity index (χ0) is 30.5. The highest BCUT2D eigenvalue weighted by atomic mass is 16.1. The second-order valence-corrected chi connectivity index (χ2v) is 16.8. The number of Topliss-reactive ketones (excluding diaryl/α,β-unsaturated/α-hetero) is 2. The van der Waals surface area contributed by atoms with Crippen LogP contribution in [0.1, 0.15) is 106 Å². The van der Waals surface area contributed by atoms with Gasteiger partial charge in [0.1, 0.15) is 5.78 Å². The van der Waals surface area contributed by atoms with Gasteiger partial charge in [-0.25, -0.2) is 4.85 Å². The van der Waals surface area contributed by atoms with Gasteiger partial charge in [-0.2, -0.15) is 4.80 Å². The van der Waals surface area contributed by atoms with Crippen molar-refractivity contribution in [3.8, 4) is 0 Å². The van der Waals surface area contributed by atoms with Gasteiger partial charge in [0.25, 0.3) is 0 Å². The smallest absolute Gasteiger partial charge is 0.226 e. The number of tetrazole rings is 1. The van der Waals surface area contributed by atoms with Gasteiger partial charge in [0.2, 0.25) is 5.70 Å². The molecule has 4 fully saturated rings. The third kappa shape index (κ3) is 3.97. The van der Waals surface area contributed by atoms with E-state index in [9.17, 15) is 9.59 Å². The van der Waals surface area contributed by atoms with Crippen molar-refractivity contribution >= 4 is 11.6 Å². The fraction of sp³-hybridized carbons (Fsp3) is 0.824. The van der Waals surface area contributed by atoms with Gasteiger partial charge in [0.05, 0.1) is 20.2 Å². The van der Waals surface area contributed by atoms with E-state index in [2.05, 4.69) is 60.2 Å². The van der Waals surface area contributed by atoms with Crippen LogP contribution in [0.2, 0.25) is 0 Å². The average molecular weight is 575 g/mol. The molecule has 8 heteroatoms. The molecule has 4 saturated carbocycles. The Morgan fingerprint density at radius 3 is 2.38 bits per heavy atom. The number of allylic oxidation sites excluding steroid dienone is 2. The first kappa shape index (κ1) is 29.7. The van der Waals surface area contributed by atoms with E-state index in [1.807, 2.05) is 19.9 Å². The van der Waals surface area contributed by atoms with Gasteiger partial charge in [0.15, 0.2) is 11.6 Å². The Bertz CT molecular complexity index is 1390. The van der Waals surface area contributed by atoms with Crippen molar-refractivity contribution < 1.29 is 9.59 Å². The molecule has 0 unspecified atom stereocenters. The van der Waals surface area contributed by atoms with Crippen LogP contribution in [0.3, 0.4) is 0 Å². The molecule has 0 aromatic carbocycles. The lowest BCUT2D eigenvalue weighted by Gasteiger charge is -2.72. The van der Waals surface area contributed by atoms with Gasteiger partial charge in [0, 0.05) is 24.3 Å². The molecule has 0 saturated heterocycles. The summed E-state index contributed by atoms with van der Waals surface area (Å²) >= 11 is 0. The summed E-state index contributed by atoms with van der Waals surface area (Å²) in [7, 11) is 1.79. The average Bonchev–Trinajstić information content (AvgIpc) is 3.33. The van der Waals surface area contributed by atoms with Crippen molar-refractivity contribution in [3.05, 3.63) is 29.0 Å². The van der Waals surface area contributed by atoms with Gasteiger partial charge in [-0.3, -0.25) is 4.79 Å². The first-order chi connectivity index (χ1) is 19.5. The summed E-state index contributed by atoms with van der Waals surface area (Å²) in [5.41, 5.74) is -0.527. The molecule has 0 radical (unpaired) electrons.